The van der Waals surface area contributed by atoms with Crippen LogP contribution in [-0.4, -0.2) is 16.8 Å². The van der Waals surface area contributed by atoms with Gasteiger partial charge in [-0.2, -0.15) is 0 Å². The molecular weight excluding hydrogens is 370 g/mol. The first kappa shape index (κ1) is 18.2. The molecule has 3 aromatic rings. The summed E-state index contributed by atoms with van der Waals surface area (Å²) in [6.45, 7) is 3.98. The van der Waals surface area contributed by atoms with Crippen LogP contribution in [0.4, 0.5) is 5.69 Å². The van der Waals surface area contributed by atoms with Crippen LogP contribution in [0.25, 0.3) is 0 Å². The number of thiophene rings is 1. The maximum Gasteiger partial charge on any atom is 0.294 e. The number of Topliss-reactive ketones (excluding diaryl/α,β-unsaturated/α-hetero) is 1. The van der Waals surface area contributed by atoms with Crippen LogP contribution in [0, 0.1) is 13.8 Å². The Balaban J connectivity index is 1.89. The molecule has 1 atom stereocenters. The molecule has 1 amide bonds. The number of amides is 1. The summed E-state index contributed by atoms with van der Waals surface area (Å²) < 4.78 is 0. The third-order valence-corrected chi connectivity index (χ3v) is 5.95. The van der Waals surface area contributed by atoms with Crippen LogP contribution in [0.3, 0.4) is 0 Å². The number of nitrogens with zero attached hydrogens (tertiary/aromatic N) is 1. The molecule has 1 aliphatic heterocycles. The topological polar surface area (TPSA) is 57.6 Å². The third-order valence-electron chi connectivity index (χ3n) is 5.08. The summed E-state index contributed by atoms with van der Waals surface area (Å²) in [4.78, 5) is 28.2. The summed E-state index contributed by atoms with van der Waals surface area (Å²) in [7, 11) is 0. The van der Waals surface area contributed by atoms with E-state index in [0.29, 0.717) is 10.6 Å². The van der Waals surface area contributed by atoms with Gasteiger partial charge < -0.3 is 5.11 Å². The second kappa shape index (κ2) is 7.09. The molecular formula is C23H19NO3S. The van der Waals surface area contributed by atoms with Crippen molar-refractivity contribution in [2.45, 2.75) is 19.9 Å². The molecule has 1 unspecified atom stereocenters. The Morgan fingerprint density at radius 2 is 1.75 bits per heavy atom. The normalized spacial score (nSPS) is 16.7. The summed E-state index contributed by atoms with van der Waals surface area (Å²) >= 11 is 1.30. The number of aryl methyl sites for hydroxylation is 2. The first-order valence-electron chi connectivity index (χ1n) is 8.96. The predicted molar refractivity (Wildman–Crippen MR) is 111 cm³/mol. The average Bonchev–Trinajstić information content (AvgIpc) is 3.32. The van der Waals surface area contributed by atoms with Crippen LogP contribution < -0.4 is 4.90 Å². The van der Waals surface area contributed by atoms with Gasteiger partial charge in [-0.1, -0.05) is 42.5 Å². The van der Waals surface area contributed by atoms with Crippen LogP contribution in [0.2, 0.25) is 0 Å². The molecule has 0 aliphatic carbocycles. The number of anilines is 1. The Labute approximate surface area is 167 Å². The number of rotatable bonds is 4. The third kappa shape index (κ3) is 2.94. The lowest BCUT2D eigenvalue weighted by Crippen LogP contribution is -2.31. The van der Waals surface area contributed by atoms with Gasteiger partial charge in [-0.25, -0.2) is 0 Å². The molecule has 5 heteroatoms. The average molecular weight is 389 g/mol. The number of aliphatic hydroxyl groups excluding tert-OH is 1. The lowest BCUT2D eigenvalue weighted by atomic mass is 9.95. The van der Waals surface area contributed by atoms with E-state index in [-0.39, 0.29) is 11.4 Å². The van der Waals surface area contributed by atoms with Gasteiger partial charge in [0.05, 0.1) is 16.5 Å². The molecule has 0 fully saturated rings. The van der Waals surface area contributed by atoms with Crippen molar-refractivity contribution in [3.63, 3.8) is 0 Å². The minimum absolute atomic E-state index is 0.122. The minimum Gasteiger partial charge on any atom is -0.503 e. The SMILES string of the molecule is Cc1ccc(N2C(=O)C(O)=C(C(=O)c3cccs3)C2c2ccccc2)cc1C. The summed E-state index contributed by atoms with van der Waals surface area (Å²) in [6, 6.07) is 17.9. The van der Waals surface area contributed by atoms with Crippen LogP contribution >= 0.6 is 11.3 Å². The van der Waals surface area contributed by atoms with Crippen molar-refractivity contribution in [3.8, 4) is 0 Å². The van der Waals surface area contributed by atoms with Gasteiger partial charge in [-0.05, 0) is 54.1 Å². The fraction of sp³-hybridized carbons (Fsp3) is 0.130. The van der Waals surface area contributed by atoms with E-state index in [1.165, 1.54) is 16.2 Å². The highest BCUT2D eigenvalue weighted by molar-refractivity contribution is 7.12. The lowest BCUT2D eigenvalue weighted by Gasteiger charge is -2.27. The molecule has 4 nitrogen and oxygen atoms in total. The van der Waals surface area contributed by atoms with Crippen LogP contribution in [0.5, 0.6) is 0 Å². The zero-order valence-corrected chi connectivity index (χ0v) is 16.4. The first-order chi connectivity index (χ1) is 13.5. The standard InChI is InChI=1S/C23H19NO3S/c1-14-10-11-17(13-15(14)2)24-20(16-7-4-3-5-8-16)19(22(26)23(24)27)21(25)18-9-6-12-28-18/h3-13,20,26H,1-2H3. The number of carbonyl (C=O) groups excluding carboxylic acids is 2. The number of ketones is 1. The highest BCUT2D eigenvalue weighted by Gasteiger charge is 2.44. The molecule has 140 valence electrons. The highest BCUT2D eigenvalue weighted by atomic mass is 32.1. The number of carbonyl (C=O) groups is 2. The maximum absolute atomic E-state index is 13.2. The van der Waals surface area contributed by atoms with Gasteiger partial charge in [-0.3, -0.25) is 14.5 Å². The summed E-state index contributed by atoms with van der Waals surface area (Å²) in [6.07, 6.45) is 0. The molecule has 1 N–H and O–H groups in total. The van der Waals surface area contributed by atoms with Crippen LogP contribution in [0.1, 0.15) is 32.4 Å². The quantitative estimate of drug-likeness (QED) is 0.628. The van der Waals surface area contributed by atoms with Gasteiger partial charge in [0.15, 0.2) is 5.76 Å². The van der Waals surface area contributed by atoms with E-state index >= 15 is 0 Å². The molecule has 2 aromatic carbocycles. The van der Waals surface area contributed by atoms with Crippen molar-refractivity contribution in [3.05, 3.63) is 98.9 Å². The van der Waals surface area contributed by atoms with Gasteiger partial charge in [0.1, 0.15) is 0 Å². The fourth-order valence-corrected chi connectivity index (χ4v) is 4.15. The molecule has 0 bridgehead atoms. The van der Waals surface area contributed by atoms with Crippen molar-refractivity contribution in [1.82, 2.24) is 0 Å². The smallest absolute Gasteiger partial charge is 0.294 e. The largest absolute Gasteiger partial charge is 0.503 e. The predicted octanol–water partition coefficient (Wildman–Crippen LogP) is 5.15. The lowest BCUT2D eigenvalue weighted by molar-refractivity contribution is -0.117. The molecule has 0 spiro atoms. The van der Waals surface area contributed by atoms with Crippen LogP contribution in [0.15, 0.2) is 77.4 Å². The molecule has 2 heterocycles. The molecule has 0 saturated carbocycles. The van der Waals surface area contributed by atoms with Crippen molar-refractivity contribution < 1.29 is 14.7 Å². The maximum atomic E-state index is 13.2. The van der Waals surface area contributed by atoms with Crippen molar-refractivity contribution in [2.24, 2.45) is 0 Å². The van der Waals surface area contributed by atoms with Gasteiger partial charge >= 0.3 is 0 Å². The van der Waals surface area contributed by atoms with Crippen molar-refractivity contribution >= 4 is 28.7 Å². The molecule has 1 aliphatic rings. The second-order valence-corrected chi connectivity index (χ2v) is 7.77. The van der Waals surface area contributed by atoms with Gasteiger partial charge in [0.25, 0.3) is 5.91 Å². The Kier molecular flexibility index (Phi) is 4.61. The molecule has 0 saturated heterocycles. The van der Waals surface area contributed by atoms with Crippen LogP contribution in [-0.2, 0) is 4.79 Å². The van der Waals surface area contributed by atoms with Crippen molar-refractivity contribution in [2.75, 3.05) is 4.90 Å². The van der Waals surface area contributed by atoms with E-state index in [2.05, 4.69) is 0 Å². The number of benzene rings is 2. The number of aliphatic hydroxyl groups is 1. The first-order valence-corrected chi connectivity index (χ1v) is 9.84. The van der Waals surface area contributed by atoms with Crippen molar-refractivity contribution in [1.29, 1.82) is 0 Å². The summed E-state index contributed by atoms with van der Waals surface area (Å²) in [5.74, 6) is -1.36. The Morgan fingerprint density at radius 3 is 2.39 bits per heavy atom. The van der Waals surface area contributed by atoms with E-state index in [1.54, 1.807) is 17.5 Å². The summed E-state index contributed by atoms with van der Waals surface area (Å²) in [5.41, 5.74) is 3.70. The van der Waals surface area contributed by atoms with Gasteiger partial charge in [0, 0.05) is 5.69 Å². The van der Waals surface area contributed by atoms with E-state index in [9.17, 15) is 14.7 Å². The zero-order chi connectivity index (χ0) is 19.8. The summed E-state index contributed by atoms with van der Waals surface area (Å²) in [5, 5.41) is 12.5. The molecule has 0 radical (unpaired) electrons. The minimum atomic E-state index is -0.676. The second-order valence-electron chi connectivity index (χ2n) is 6.83. The number of hydrogen-bond donors (Lipinski definition) is 1. The fourth-order valence-electron chi connectivity index (χ4n) is 3.47. The van der Waals surface area contributed by atoms with E-state index in [1.807, 2.05) is 62.4 Å². The van der Waals surface area contributed by atoms with E-state index in [0.717, 1.165) is 16.7 Å². The monoisotopic (exact) mass is 389 g/mol. The Bertz CT molecular complexity index is 1080. The molecule has 28 heavy (non-hydrogen) atoms. The Hall–Kier alpha value is -3.18. The Morgan fingerprint density at radius 1 is 1.00 bits per heavy atom. The molecule has 4 rings (SSSR count). The van der Waals surface area contributed by atoms with E-state index < -0.39 is 17.7 Å². The zero-order valence-electron chi connectivity index (χ0n) is 15.5. The molecule has 1 aromatic heterocycles. The van der Waals surface area contributed by atoms with Gasteiger partial charge in [0.2, 0.25) is 5.78 Å². The van der Waals surface area contributed by atoms with Gasteiger partial charge in [-0.15, -0.1) is 11.3 Å². The van der Waals surface area contributed by atoms with E-state index in [4.69, 9.17) is 0 Å². The number of hydrogen-bond acceptors (Lipinski definition) is 4. The highest BCUT2D eigenvalue weighted by Crippen LogP contribution is 2.42.